The molecule has 1 atom stereocenters. The van der Waals surface area contributed by atoms with E-state index >= 15 is 0 Å². The third-order valence-corrected chi connectivity index (χ3v) is 3.72. The van der Waals surface area contributed by atoms with Crippen molar-refractivity contribution in [1.29, 1.82) is 0 Å². The number of halogens is 1. The van der Waals surface area contributed by atoms with E-state index in [1.807, 2.05) is 13.0 Å². The predicted octanol–water partition coefficient (Wildman–Crippen LogP) is 4.45. The van der Waals surface area contributed by atoms with Crippen LogP contribution in [0.1, 0.15) is 24.2 Å². The van der Waals surface area contributed by atoms with E-state index in [1.54, 1.807) is 55.5 Å². The number of aryl methyl sites for hydroxylation is 1. The van der Waals surface area contributed by atoms with E-state index in [1.165, 1.54) is 6.08 Å². The van der Waals surface area contributed by atoms with Crippen molar-refractivity contribution in [3.05, 3.63) is 76.8 Å². The van der Waals surface area contributed by atoms with Crippen LogP contribution in [-0.4, -0.2) is 11.9 Å². The topological polar surface area (TPSA) is 55.4 Å². The molecule has 1 amide bonds. The van der Waals surface area contributed by atoms with Crippen molar-refractivity contribution in [3.63, 3.8) is 0 Å². The SMILES string of the molecule is C/C=C/C(=O)OC(C(=O)Nc1ccc(C)c(Cl)c1)c1ccccc1. The highest BCUT2D eigenvalue weighted by atomic mass is 35.5. The van der Waals surface area contributed by atoms with E-state index in [-0.39, 0.29) is 0 Å². The minimum atomic E-state index is -1.05. The van der Waals surface area contributed by atoms with Gasteiger partial charge in [0.2, 0.25) is 6.10 Å². The van der Waals surface area contributed by atoms with E-state index < -0.39 is 18.0 Å². The summed E-state index contributed by atoms with van der Waals surface area (Å²) < 4.78 is 5.29. The lowest BCUT2D eigenvalue weighted by molar-refractivity contribution is -0.149. The second kappa shape index (κ2) is 8.31. The number of benzene rings is 2. The molecule has 0 bridgehead atoms. The highest BCUT2D eigenvalue weighted by Crippen LogP contribution is 2.23. The van der Waals surface area contributed by atoms with Crippen LogP contribution in [0.3, 0.4) is 0 Å². The Bertz CT molecular complexity index is 756. The van der Waals surface area contributed by atoms with Crippen molar-refractivity contribution in [2.24, 2.45) is 0 Å². The number of esters is 1. The first kappa shape index (κ1) is 17.8. The van der Waals surface area contributed by atoms with Crippen LogP contribution in [0, 0.1) is 6.92 Å². The van der Waals surface area contributed by atoms with Crippen molar-refractivity contribution < 1.29 is 14.3 Å². The minimum absolute atomic E-state index is 0.445. The molecule has 0 heterocycles. The van der Waals surface area contributed by atoms with Gasteiger partial charge in [0.1, 0.15) is 0 Å². The van der Waals surface area contributed by atoms with E-state index in [0.29, 0.717) is 16.3 Å². The molecule has 4 nitrogen and oxygen atoms in total. The molecule has 1 unspecified atom stereocenters. The summed E-state index contributed by atoms with van der Waals surface area (Å²) in [5, 5.41) is 3.28. The monoisotopic (exact) mass is 343 g/mol. The summed E-state index contributed by atoms with van der Waals surface area (Å²) in [7, 11) is 0. The quantitative estimate of drug-likeness (QED) is 0.644. The Balaban J connectivity index is 2.23. The molecule has 0 spiro atoms. The first-order chi connectivity index (χ1) is 11.5. The molecule has 0 aromatic heterocycles. The zero-order valence-electron chi connectivity index (χ0n) is 13.5. The summed E-state index contributed by atoms with van der Waals surface area (Å²) in [5.41, 5.74) is 2.04. The van der Waals surface area contributed by atoms with Gasteiger partial charge >= 0.3 is 5.97 Å². The lowest BCUT2D eigenvalue weighted by Crippen LogP contribution is -2.25. The molecular formula is C19H18ClNO3. The van der Waals surface area contributed by atoms with Gasteiger partial charge in [-0.25, -0.2) is 4.79 Å². The Hall–Kier alpha value is -2.59. The van der Waals surface area contributed by atoms with Gasteiger partial charge in [-0.3, -0.25) is 4.79 Å². The number of hydrogen-bond acceptors (Lipinski definition) is 3. The van der Waals surface area contributed by atoms with Crippen molar-refractivity contribution >= 4 is 29.2 Å². The van der Waals surface area contributed by atoms with Gasteiger partial charge in [-0.15, -0.1) is 0 Å². The summed E-state index contributed by atoms with van der Waals surface area (Å²) in [6.45, 7) is 3.58. The molecule has 0 aliphatic rings. The molecule has 0 saturated carbocycles. The Kier molecular flexibility index (Phi) is 6.15. The van der Waals surface area contributed by atoms with Crippen LogP contribution >= 0.6 is 11.6 Å². The number of anilines is 1. The zero-order valence-corrected chi connectivity index (χ0v) is 14.2. The average molecular weight is 344 g/mol. The van der Waals surface area contributed by atoms with Crippen molar-refractivity contribution in [2.45, 2.75) is 20.0 Å². The molecule has 5 heteroatoms. The molecule has 1 N–H and O–H groups in total. The summed E-state index contributed by atoms with van der Waals surface area (Å²) >= 11 is 6.07. The summed E-state index contributed by atoms with van der Waals surface area (Å²) in [6.07, 6.45) is 1.78. The first-order valence-electron chi connectivity index (χ1n) is 7.46. The molecule has 0 aliphatic carbocycles. The highest BCUT2D eigenvalue weighted by Gasteiger charge is 2.24. The largest absolute Gasteiger partial charge is 0.444 e. The fraction of sp³-hybridized carbons (Fsp3) is 0.158. The minimum Gasteiger partial charge on any atom is -0.444 e. The third kappa shape index (κ3) is 4.70. The van der Waals surface area contributed by atoms with Crippen LogP contribution in [0.4, 0.5) is 5.69 Å². The van der Waals surface area contributed by atoms with Gasteiger partial charge in [-0.05, 0) is 31.5 Å². The molecule has 2 aromatic rings. The molecule has 2 aromatic carbocycles. The highest BCUT2D eigenvalue weighted by molar-refractivity contribution is 6.31. The zero-order chi connectivity index (χ0) is 17.5. The van der Waals surface area contributed by atoms with Gasteiger partial charge in [0.25, 0.3) is 5.91 Å². The normalized spacial score (nSPS) is 12.0. The molecule has 0 saturated heterocycles. The number of carbonyl (C=O) groups excluding carboxylic acids is 2. The maximum atomic E-state index is 12.6. The Morgan fingerprint density at radius 1 is 1.17 bits per heavy atom. The van der Waals surface area contributed by atoms with Crippen molar-refractivity contribution in [3.8, 4) is 0 Å². The maximum Gasteiger partial charge on any atom is 0.331 e. The Labute approximate surface area is 146 Å². The second-order valence-corrected chi connectivity index (χ2v) is 5.59. The number of rotatable bonds is 5. The van der Waals surface area contributed by atoms with E-state index in [2.05, 4.69) is 5.32 Å². The first-order valence-corrected chi connectivity index (χ1v) is 7.84. The van der Waals surface area contributed by atoms with Gasteiger partial charge in [0, 0.05) is 22.3 Å². The van der Waals surface area contributed by atoms with Crippen molar-refractivity contribution in [2.75, 3.05) is 5.32 Å². The van der Waals surface area contributed by atoms with Crippen LogP contribution in [0.25, 0.3) is 0 Å². The lowest BCUT2D eigenvalue weighted by atomic mass is 10.1. The third-order valence-electron chi connectivity index (χ3n) is 3.32. The van der Waals surface area contributed by atoms with Crippen LogP contribution < -0.4 is 5.32 Å². The van der Waals surface area contributed by atoms with Gasteiger partial charge in [0.15, 0.2) is 0 Å². The molecule has 124 valence electrons. The van der Waals surface area contributed by atoms with Crippen LogP contribution in [-0.2, 0) is 14.3 Å². The maximum absolute atomic E-state index is 12.6. The number of ether oxygens (including phenoxy) is 1. The van der Waals surface area contributed by atoms with Crippen LogP contribution in [0.5, 0.6) is 0 Å². The molecule has 0 aliphatic heterocycles. The fourth-order valence-corrected chi connectivity index (χ4v) is 2.25. The van der Waals surface area contributed by atoms with Gasteiger partial charge in [-0.1, -0.05) is 54.1 Å². The molecular weight excluding hydrogens is 326 g/mol. The second-order valence-electron chi connectivity index (χ2n) is 5.18. The fourth-order valence-electron chi connectivity index (χ4n) is 2.07. The standard InChI is InChI=1S/C19H18ClNO3/c1-3-7-17(22)24-18(14-8-5-4-6-9-14)19(23)21-15-11-10-13(2)16(20)12-15/h3-12,18H,1-2H3,(H,21,23)/b7-3+. The van der Waals surface area contributed by atoms with Crippen LogP contribution in [0.15, 0.2) is 60.7 Å². The Morgan fingerprint density at radius 2 is 1.88 bits per heavy atom. The molecule has 0 radical (unpaired) electrons. The van der Waals surface area contributed by atoms with Gasteiger partial charge in [0.05, 0.1) is 0 Å². The Morgan fingerprint density at radius 3 is 2.50 bits per heavy atom. The average Bonchev–Trinajstić information content (AvgIpc) is 2.57. The number of nitrogens with one attached hydrogen (secondary N) is 1. The summed E-state index contributed by atoms with van der Waals surface area (Å²) in [6, 6.07) is 14.1. The molecule has 2 rings (SSSR count). The number of carbonyl (C=O) groups is 2. The summed E-state index contributed by atoms with van der Waals surface area (Å²) in [5.74, 6) is -1.03. The van der Waals surface area contributed by atoms with E-state index in [0.717, 1.165) is 5.56 Å². The number of hydrogen-bond donors (Lipinski definition) is 1. The predicted molar refractivity (Wildman–Crippen MR) is 94.9 cm³/mol. The van der Waals surface area contributed by atoms with Crippen LogP contribution in [0.2, 0.25) is 5.02 Å². The number of allylic oxidation sites excluding steroid dienone is 1. The smallest absolute Gasteiger partial charge is 0.331 e. The molecule has 0 fully saturated rings. The molecule has 24 heavy (non-hydrogen) atoms. The summed E-state index contributed by atoms with van der Waals surface area (Å²) in [4.78, 5) is 24.4. The van der Waals surface area contributed by atoms with Gasteiger partial charge in [-0.2, -0.15) is 0 Å². The lowest BCUT2D eigenvalue weighted by Gasteiger charge is -2.17. The number of amides is 1. The van der Waals surface area contributed by atoms with Crippen molar-refractivity contribution in [1.82, 2.24) is 0 Å². The van der Waals surface area contributed by atoms with Gasteiger partial charge < -0.3 is 10.1 Å². The van der Waals surface area contributed by atoms with E-state index in [9.17, 15) is 9.59 Å². The van der Waals surface area contributed by atoms with E-state index in [4.69, 9.17) is 16.3 Å².